The minimum absolute atomic E-state index is 0.0559. The molecule has 0 spiro atoms. The summed E-state index contributed by atoms with van der Waals surface area (Å²) in [6.07, 6.45) is 0. The third-order valence-electron chi connectivity index (χ3n) is 3.99. The van der Waals surface area contributed by atoms with Gasteiger partial charge in [0, 0.05) is 4.47 Å². The Morgan fingerprint density at radius 2 is 1.74 bits per heavy atom. The van der Waals surface area contributed by atoms with Gasteiger partial charge in [-0.2, -0.15) is 0 Å². The Hall–Kier alpha value is -2.65. The highest BCUT2D eigenvalue weighted by molar-refractivity contribution is 9.10. The molecule has 0 bridgehead atoms. The van der Waals surface area contributed by atoms with Gasteiger partial charge in [-0.05, 0) is 61.8 Å². The molecular formula is C22H26BrN3O4S. The summed E-state index contributed by atoms with van der Waals surface area (Å²) in [5, 5.41) is 2.47. The topological polar surface area (TPSA) is 88.7 Å². The molecule has 0 unspecified atom stereocenters. The van der Waals surface area contributed by atoms with Gasteiger partial charge in [0.05, 0.1) is 12.2 Å². The van der Waals surface area contributed by atoms with Crippen molar-refractivity contribution in [2.24, 2.45) is 5.92 Å². The Balaban J connectivity index is 1.86. The first kappa shape index (κ1) is 24.6. The molecular weight excluding hydrogens is 482 g/mol. The van der Waals surface area contributed by atoms with Gasteiger partial charge in [0.25, 0.3) is 11.8 Å². The van der Waals surface area contributed by atoms with Gasteiger partial charge in [-0.1, -0.05) is 47.5 Å². The van der Waals surface area contributed by atoms with Crippen LogP contribution >= 0.6 is 28.1 Å². The molecule has 0 aliphatic rings. The molecule has 0 fully saturated rings. The van der Waals surface area contributed by atoms with Crippen LogP contribution in [0.3, 0.4) is 0 Å². The van der Waals surface area contributed by atoms with E-state index in [9.17, 15) is 9.59 Å². The number of nitrogens with one attached hydrogen (secondary N) is 3. The molecule has 0 saturated heterocycles. The first-order chi connectivity index (χ1) is 14.7. The number of carbonyl (C=O) groups excluding carboxylic acids is 2. The molecule has 31 heavy (non-hydrogen) atoms. The van der Waals surface area contributed by atoms with E-state index >= 15 is 0 Å². The summed E-state index contributed by atoms with van der Waals surface area (Å²) >= 11 is 8.44. The molecule has 0 aliphatic carbocycles. The predicted octanol–water partition coefficient (Wildman–Crippen LogP) is 3.82. The van der Waals surface area contributed by atoms with Crippen molar-refractivity contribution in [3.63, 3.8) is 0 Å². The van der Waals surface area contributed by atoms with Gasteiger partial charge in [0.2, 0.25) is 0 Å². The van der Waals surface area contributed by atoms with Gasteiger partial charge in [-0.15, -0.1) is 0 Å². The number of amides is 2. The van der Waals surface area contributed by atoms with Crippen molar-refractivity contribution >= 4 is 45.1 Å². The van der Waals surface area contributed by atoms with E-state index in [0.717, 1.165) is 15.6 Å². The van der Waals surface area contributed by atoms with Crippen LogP contribution in [0.1, 0.15) is 35.3 Å². The molecule has 0 aromatic heterocycles. The molecule has 7 nitrogen and oxygen atoms in total. The lowest BCUT2D eigenvalue weighted by Crippen LogP contribution is -2.49. The average molecular weight is 508 g/mol. The predicted molar refractivity (Wildman–Crippen MR) is 127 cm³/mol. The Labute approximate surface area is 196 Å². The van der Waals surface area contributed by atoms with E-state index in [-0.39, 0.29) is 11.7 Å². The lowest BCUT2D eigenvalue weighted by Gasteiger charge is -2.15. The molecule has 166 valence electrons. The van der Waals surface area contributed by atoms with E-state index in [1.807, 2.05) is 45.9 Å². The Bertz CT molecular complexity index is 966. The Kier molecular flexibility index (Phi) is 9.26. The quantitative estimate of drug-likeness (QED) is 0.390. The monoisotopic (exact) mass is 507 g/mol. The van der Waals surface area contributed by atoms with E-state index in [2.05, 4.69) is 32.1 Å². The molecule has 2 rings (SSSR count). The number of carbonyl (C=O) groups is 2. The van der Waals surface area contributed by atoms with Crippen molar-refractivity contribution in [2.75, 3.05) is 13.2 Å². The van der Waals surface area contributed by atoms with Crippen LogP contribution in [-0.2, 0) is 4.79 Å². The molecule has 9 heteroatoms. The SMILES string of the molecule is Cc1ccc(OCC(=O)NNC(=S)NC(=O)c2cc(Br)ccc2OCC(C)C)c(C)c1. The van der Waals surface area contributed by atoms with Crippen molar-refractivity contribution in [3.05, 3.63) is 57.6 Å². The zero-order valence-electron chi connectivity index (χ0n) is 17.9. The largest absolute Gasteiger partial charge is 0.492 e. The summed E-state index contributed by atoms with van der Waals surface area (Å²) in [4.78, 5) is 24.6. The summed E-state index contributed by atoms with van der Waals surface area (Å²) in [7, 11) is 0. The zero-order chi connectivity index (χ0) is 23.0. The summed E-state index contributed by atoms with van der Waals surface area (Å²) in [6, 6.07) is 10.8. The maximum atomic E-state index is 12.6. The molecule has 2 aromatic rings. The van der Waals surface area contributed by atoms with Crippen molar-refractivity contribution < 1.29 is 19.1 Å². The van der Waals surface area contributed by atoms with Gasteiger partial charge in [-0.25, -0.2) is 0 Å². The zero-order valence-corrected chi connectivity index (χ0v) is 20.3. The van der Waals surface area contributed by atoms with Crippen LogP contribution in [0.15, 0.2) is 40.9 Å². The number of hydrazine groups is 1. The minimum atomic E-state index is -0.460. The van der Waals surface area contributed by atoms with Crippen molar-refractivity contribution in [1.82, 2.24) is 16.2 Å². The summed E-state index contributed by atoms with van der Waals surface area (Å²) < 4.78 is 11.9. The van der Waals surface area contributed by atoms with Gasteiger partial charge >= 0.3 is 0 Å². The second-order valence-electron chi connectivity index (χ2n) is 7.36. The fourth-order valence-electron chi connectivity index (χ4n) is 2.53. The number of rotatable bonds is 7. The second-order valence-corrected chi connectivity index (χ2v) is 8.68. The van der Waals surface area contributed by atoms with E-state index in [1.165, 1.54) is 0 Å². The van der Waals surface area contributed by atoms with E-state index in [4.69, 9.17) is 21.7 Å². The molecule has 3 N–H and O–H groups in total. The van der Waals surface area contributed by atoms with E-state index in [0.29, 0.717) is 29.6 Å². The third-order valence-corrected chi connectivity index (χ3v) is 4.69. The maximum absolute atomic E-state index is 12.6. The van der Waals surface area contributed by atoms with Gasteiger partial charge in [-0.3, -0.25) is 25.8 Å². The lowest BCUT2D eigenvalue weighted by molar-refractivity contribution is -0.123. The number of hydrogen-bond acceptors (Lipinski definition) is 5. The highest BCUT2D eigenvalue weighted by Gasteiger charge is 2.16. The molecule has 0 radical (unpaired) electrons. The highest BCUT2D eigenvalue weighted by atomic mass is 79.9. The smallest absolute Gasteiger partial charge is 0.276 e. The van der Waals surface area contributed by atoms with Crippen LogP contribution < -0.4 is 25.6 Å². The Morgan fingerprint density at radius 1 is 1.03 bits per heavy atom. The molecule has 0 aliphatic heterocycles. The van der Waals surface area contributed by atoms with E-state index < -0.39 is 11.8 Å². The molecule has 0 atom stereocenters. The fraction of sp³-hybridized carbons (Fsp3) is 0.318. The van der Waals surface area contributed by atoms with Gasteiger partial charge < -0.3 is 9.47 Å². The van der Waals surface area contributed by atoms with Crippen molar-refractivity contribution in [1.29, 1.82) is 0 Å². The number of hydrogen-bond donors (Lipinski definition) is 3. The fourth-order valence-corrected chi connectivity index (χ4v) is 3.04. The minimum Gasteiger partial charge on any atom is -0.492 e. The summed E-state index contributed by atoms with van der Waals surface area (Å²) in [6.45, 7) is 8.20. The lowest BCUT2D eigenvalue weighted by atomic mass is 10.1. The third kappa shape index (κ3) is 8.18. The summed E-state index contributed by atoms with van der Waals surface area (Å²) in [5.74, 6) is 0.477. The first-order valence-corrected chi connectivity index (χ1v) is 10.9. The highest BCUT2D eigenvalue weighted by Crippen LogP contribution is 2.24. The van der Waals surface area contributed by atoms with Crippen LogP contribution in [0.5, 0.6) is 11.5 Å². The van der Waals surface area contributed by atoms with E-state index in [1.54, 1.807) is 18.2 Å². The molecule has 0 heterocycles. The van der Waals surface area contributed by atoms with Gasteiger partial charge in [0.1, 0.15) is 11.5 Å². The number of benzene rings is 2. The van der Waals surface area contributed by atoms with Crippen LogP contribution in [-0.4, -0.2) is 30.1 Å². The van der Waals surface area contributed by atoms with Crippen molar-refractivity contribution in [2.45, 2.75) is 27.7 Å². The van der Waals surface area contributed by atoms with Crippen LogP contribution in [0.25, 0.3) is 0 Å². The van der Waals surface area contributed by atoms with Crippen LogP contribution in [0.2, 0.25) is 0 Å². The first-order valence-electron chi connectivity index (χ1n) is 9.68. The molecule has 2 aromatic carbocycles. The number of thiocarbonyl (C=S) groups is 1. The molecule has 2 amide bonds. The average Bonchev–Trinajstić information content (AvgIpc) is 2.70. The normalized spacial score (nSPS) is 10.4. The standard InChI is InChI=1S/C22H26BrN3O4S/c1-13(2)11-29-19-8-6-16(23)10-17(19)21(28)24-22(31)26-25-20(27)12-30-18-7-5-14(3)9-15(18)4/h5-10,13H,11-12H2,1-4H3,(H,25,27)(H2,24,26,28,31). The Morgan fingerprint density at radius 3 is 2.42 bits per heavy atom. The van der Waals surface area contributed by atoms with Crippen LogP contribution in [0.4, 0.5) is 0 Å². The number of halogens is 1. The number of ether oxygens (including phenoxy) is 2. The number of aryl methyl sites for hydroxylation is 2. The molecule has 0 saturated carbocycles. The summed E-state index contributed by atoms with van der Waals surface area (Å²) in [5.41, 5.74) is 7.26. The second kappa shape index (κ2) is 11.7. The maximum Gasteiger partial charge on any atom is 0.276 e. The van der Waals surface area contributed by atoms with Crippen LogP contribution in [0, 0.1) is 19.8 Å². The van der Waals surface area contributed by atoms with Gasteiger partial charge in [0.15, 0.2) is 11.7 Å². The van der Waals surface area contributed by atoms with Crippen molar-refractivity contribution in [3.8, 4) is 11.5 Å².